The normalized spacial score (nSPS) is 19.0. The first kappa shape index (κ1) is 17.2. The lowest BCUT2D eigenvalue weighted by Gasteiger charge is -2.19. The standard InChI is InChI=1S/C13H10F4N2O3S/c14-13(15,16)10-1-2-11(9(4-10)5-18)19-6-8(3-12(19)20)7-23(17,21)22/h1-2,4,8H,3,6-7H2. The van der Waals surface area contributed by atoms with Gasteiger partial charge in [0.05, 0.1) is 22.6 Å². The van der Waals surface area contributed by atoms with Gasteiger partial charge in [-0.25, -0.2) is 0 Å². The van der Waals surface area contributed by atoms with Crippen LogP contribution in [0.3, 0.4) is 0 Å². The second-order valence-electron chi connectivity index (χ2n) is 5.12. The Morgan fingerprint density at radius 3 is 2.52 bits per heavy atom. The van der Waals surface area contributed by atoms with E-state index < -0.39 is 39.5 Å². The molecule has 124 valence electrons. The third kappa shape index (κ3) is 3.98. The van der Waals surface area contributed by atoms with Crippen LogP contribution >= 0.6 is 0 Å². The first-order valence-electron chi connectivity index (χ1n) is 6.35. The Balaban J connectivity index is 2.32. The quantitative estimate of drug-likeness (QED) is 0.619. The summed E-state index contributed by atoms with van der Waals surface area (Å²) < 4.78 is 71.9. The van der Waals surface area contributed by atoms with E-state index in [1.54, 1.807) is 6.07 Å². The number of alkyl halides is 3. The number of hydrogen-bond acceptors (Lipinski definition) is 4. The van der Waals surface area contributed by atoms with E-state index in [0.717, 1.165) is 17.0 Å². The number of benzene rings is 1. The van der Waals surface area contributed by atoms with Gasteiger partial charge in [0.1, 0.15) is 6.07 Å². The Bertz CT molecular complexity index is 783. The van der Waals surface area contributed by atoms with Gasteiger partial charge in [0.2, 0.25) is 5.91 Å². The lowest BCUT2D eigenvalue weighted by atomic mass is 10.1. The summed E-state index contributed by atoms with van der Waals surface area (Å²) in [7, 11) is -4.77. The van der Waals surface area contributed by atoms with E-state index in [2.05, 4.69) is 0 Å². The maximum atomic E-state index is 12.7. The monoisotopic (exact) mass is 350 g/mol. The number of carbonyl (C=O) groups is 1. The molecule has 0 aromatic heterocycles. The number of nitriles is 1. The van der Waals surface area contributed by atoms with E-state index in [-0.39, 0.29) is 24.2 Å². The fourth-order valence-corrected chi connectivity index (χ4v) is 3.23. The van der Waals surface area contributed by atoms with Crippen molar-refractivity contribution in [1.82, 2.24) is 0 Å². The summed E-state index contributed by atoms with van der Waals surface area (Å²) in [5.41, 5.74) is -1.45. The van der Waals surface area contributed by atoms with Gasteiger partial charge in [-0.15, -0.1) is 3.89 Å². The van der Waals surface area contributed by atoms with Gasteiger partial charge in [-0.3, -0.25) is 4.79 Å². The van der Waals surface area contributed by atoms with E-state index in [1.165, 1.54) is 0 Å². The number of nitrogens with zero attached hydrogens (tertiary/aromatic N) is 2. The first-order chi connectivity index (χ1) is 10.5. The van der Waals surface area contributed by atoms with E-state index in [0.29, 0.717) is 6.07 Å². The predicted octanol–water partition coefficient (Wildman–Crippen LogP) is 2.23. The van der Waals surface area contributed by atoms with Crippen LogP contribution in [0.1, 0.15) is 17.5 Å². The number of halogens is 4. The number of carbonyl (C=O) groups excluding carboxylic acids is 1. The van der Waals surface area contributed by atoms with Crippen LogP contribution in [0, 0.1) is 17.2 Å². The van der Waals surface area contributed by atoms with Crippen molar-refractivity contribution >= 4 is 21.8 Å². The molecule has 5 nitrogen and oxygen atoms in total. The molecule has 1 fully saturated rings. The summed E-state index contributed by atoms with van der Waals surface area (Å²) in [6, 6.07) is 3.90. The predicted molar refractivity (Wildman–Crippen MR) is 71.5 cm³/mol. The van der Waals surface area contributed by atoms with Gasteiger partial charge < -0.3 is 4.90 Å². The van der Waals surface area contributed by atoms with Crippen molar-refractivity contribution in [3.63, 3.8) is 0 Å². The fourth-order valence-electron chi connectivity index (χ4n) is 2.44. The Labute approximate surface area is 129 Å². The Morgan fingerprint density at radius 1 is 1.35 bits per heavy atom. The van der Waals surface area contributed by atoms with Gasteiger partial charge in [-0.1, -0.05) is 0 Å². The number of hydrogen-bond donors (Lipinski definition) is 0. The summed E-state index contributed by atoms with van der Waals surface area (Å²) >= 11 is 0. The second kappa shape index (κ2) is 5.81. The zero-order chi connectivity index (χ0) is 17.4. The molecule has 0 aliphatic carbocycles. The molecule has 0 N–H and O–H groups in total. The zero-order valence-corrected chi connectivity index (χ0v) is 12.3. The molecule has 1 saturated heterocycles. The molecule has 1 aliphatic heterocycles. The SMILES string of the molecule is N#Cc1cc(C(F)(F)F)ccc1N1CC(CS(=O)(=O)F)CC1=O. The van der Waals surface area contributed by atoms with Gasteiger partial charge >= 0.3 is 16.4 Å². The molecule has 23 heavy (non-hydrogen) atoms. The molecule has 1 aromatic rings. The van der Waals surface area contributed by atoms with Crippen LogP contribution in [-0.2, 0) is 21.2 Å². The molecule has 1 atom stereocenters. The molecule has 1 aliphatic rings. The van der Waals surface area contributed by atoms with Crippen LogP contribution in [0.2, 0.25) is 0 Å². The molecule has 0 radical (unpaired) electrons. The smallest absolute Gasteiger partial charge is 0.311 e. The molecule has 1 unspecified atom stereocenters. The summed E-state index contributed by atoms with van der Waals surface area (Å²) in [5.74, 6) is -2.24. The second-order valence-corrected chi connectivity index (χ2v) is 6.53. The maximum absolute atomic E-state index is 12.7. The fraction of sp³-hybridized carbons (Fsp3) is 0.385. The summed E-state index contributed by atoms with van der Waals surface area (Å²) in [4.78, 5) is 12.9. The maximum Gasteiger partial charge on any atom is 0.416 e. The lowest BCUT2D eigenvalue weighted by molar-refractivity contribution is -0.137. The van der Waals surface area contributed by atoms with Gasteiger partial charge in [-0.2, -0.15) is 26.9 Å². The molecule has 2 rings (SSSR count). The molecule has 10 heteroatoms. The third-order valence-electron chi connectivity index (χ3n) is 3.38. The van der Waals surface area contributed by atoms with Gasteiger partial charge in [0.15, 0.2) is 0 Å². The molecule has 0 bridgehead atoms. The van der Waals surface area contributed by atoms with E-state index in [1.807, 2.05) is 0 Å². The van der Waals surface area contributed by atoms with Crippen LogP contribution in [0.4, 0.5) is 22.7 Å². The van der Waals surface area contributed by atoms with Crippen LogP contribution in [0.5, 0.6) is 0 Å². The molecule has 0 saturated carbocycles. The highest BCUT2D eigenvalue weighted by Gasteiger charge is 2.36. The van der Waals surface area contributed by atoms with Crippen LogP contribution in [-0.4, -0.2) is 26.6 Å². The van der Waals surface area contributed by atoms with Crippen LogP contribution < -0.4 is 4.90 Å². The van der Waals surface area contributed by atoms with Crippen LogP contribution in [0.25, 0.3) is 0 Å². The average Bonchev–Trinajstić information content (AvgIpc) is 2.75. The number of rotatable bonds is 3. The van der Waals surface area contributed by atoms with E-state index in [9.17, 15) is 30.3 Å². The Morgan fingerprint density at radius 2 is 2.00 bits per heavy atom. The first-order valence-corrected chi connectivity index (χ1v) is 7.90. The minimum absolute atomic E-state index is 0.0516. The van der Waals surface area contributed by atoms with Gasteiger partial charge in [-0.05, 0) is 18.2 Å². The van der Waals surface area contributed by atoms with Crippen molar-refractivity contribution in [2.75, 3.05) is 17.2 Å². The largest absolute Gasteiger partial charge is 0.416 e. The van der Waals surface area contributed by atoms with Crippen molar-refractivity contribution in [1.29, 1.82) is 5.26 Å². The van der Waals surface area contributed by atoms with Crippen LogP contribution in [0.15, 0.2) is 18.2 Å². The van der Waals surface area contributed by atoms with Crippen molar-refractivity contribution in [3.8, 4) is 6.07 Å². The molecule has 1 heterocycles. The highest BCUT2D eigenvalue weighted by molar-refractivity contribution is 7.86. The van der Waals surface area contributed by atoms with E-state index >= 15 is 0 Å². The molecular weight excluding hydrogens is 340 g/mol. The Hall–Kier alpha value is -2.15. The Kier molecular flexibility index (Phi) is 4.34. The number of anilines is 1. The average molecular weight is 350 g/mol. The summed E-state index contributed by atoms with van der Waals surface area (Å²) in [6.07, 6.45) is -4.89. The number of amides is 1. The highest BCUT2D eigenvalue weighted by atomic mass is 32.3. The third-order valence-corrected chi connectivity index (χ3v) is 4.24. The van der Waals surface area contributed by atoms with Gasteiger partial charge in [0.25, 0.3) is 0 Å². The minimum Gasteiger partial charge on any atom is -0.311 e. The zero-order valence-electron chi connectivity index (χ0n) is 11.5. The minimum atomic E-state index is -4.77. The van der Waals surface area contributed by atoms with Gasteiger partial charge in [0, 0.05) is 18.9 Å². The van der Waals surface area contributed by atoms with E-state index in [4.69, 9.17) is 5.26 Å². The molecular formula is C13H10F4N2O3S. The van der Waals surface area contributed by atoms with Crippen molar-refractivity contribution in [3.05, 3.63) is 29.3 Å². The summed E-state index contributed by atoms with van der Waals surface area (Å²) in [5, 5.41) is 9.00. The lowest BCUT2D eigenvalue weighted by Crippen LogP contribution is -2.26. The van der Waals surface area contributed by atoms with Crippen molar-refractivity contribution < 1.29 is 30.3 Å². The topological polar surface area (TPSA) is 78.2 Å². The summed E-state index contributed by atoms with van der Waals surface area (Å²) in [6.45, 7) is -0.179. The molecule has 0 spiro atoms. The van der Waals surface area contributed by atoms with Crippen molar-refractivity contribution in [2.45, 2.75) is 12.6 Å². The molecule has 1 amide bonds. The van der Waals surface area contributed by atoms with Crippen molar-refractivity contribution in [2.24, 2.45) is 5.92 Å². The highest BCUT2D eigenvalue weighted by Crippen LogP contribution is 2.34. The molecule has 1 aromatic carbocycles.